The van der Waals surface area contributed by atoms with E-state index in [1.54, 1.807) is 11.3 Å². The number of halogens is 1. The first-order valence-corrected chi connectivity index (χ1v) is 8.67. The standard InChI is InChI=1S/C19H15ClN2S/c1-13-10-11-18(23-13)19-21-16-8-4-5-9-17(16)22(19)12-14-6-2-3-7-15(14)20/h2-11H,12H2,1H3. The monoisotopic (exact) mass is 338 g/mol. The average Bonchev–Trinajstić information content (AvgIpc) is 3.14. The maximum Gasteiger partial charge on any atom is 0.151 e. The topological polar surface area (TPSA) is 17.8 Å². The van der Waals surface area contributed by atoms with Gasteiger partial charge in [0, 0.05) is 9.90 Å². The van der Waals surface area contributed by atoms with Gasteiger partial charge in [0.1, 0.15) is 0 Å². The van der Waals surface area contributed by atoms with E-state index in [-0.39, 0.29) is 0 Å². The van der Waals surface area contributed by atoms with Crippen molar-refractivity contribution in [2.24, 2.45) is 0 Å². The Morgan fingerprint density at radius 1 is 1.00 bits per heavy atom. The zero-order valence-corrected chi connectivity index (χ0v) is 14.2. The lowest BCUT2D eigenvalue weighted by molar-refractivity contribution is 0.836. The third-order valence-electron chi connectivity index (χ3n) is 3.90. The number of aromatic nitrogens is 2. The highest BCUT2D eigenvalue weighted by Crippen LogP contribution is 2.31. The van der Waals surface area contributed by atoms with Gasteiger partial charge in [-0.25, -0.2) is 4.98 Å². The van der Waals surface area contributed by atoms with E-state index in [4.69, 9.17) is 16.6 Å². The van der Waals surface area contributed by atoms with Crippen molar-refractivity contribution < 1.29 is 0 Å². The molecule has 114 valence electrons. The van der Waals surface area contributed by atoms with Crippen LogP contribution in [0.25, 0.3) is 21.7 Å². The highest BCUT2D eigenvalue weighted by Gasteiger charge is 2.15. The van der Waals surface area contributed by atoms with Gasteiger partial charge in [-0.2, -0.15) is 0 Å². The van der Waals surface area contributed by atoms with Gasteiger partial charge in [-0.1, -0.05) is 41.9 Å². The van der Waals surface area contributed by atoms with Crippen LogP contribution in [0.3, 0.4) is 0 Å². The van der Waals surface area contributed by atoms with E-state index in [1.807, 2.05) is 24.3 Å². The lowest BCUT2D eigenvalue weighted by Gasteiger charge is -2.10. The number of rotatable bonds is 3. The SMILES string of the molecule is Cc1ccc(-c2nc3ccccc3n2Cc2ccccc2Cl)s1. The molecule has 2 aromatic heterocycles. The largest absolute Gasteiger partial charge is 0.319 e. The molecule has 0 aliphatic heterocycles. The fourth-order valence-electron chi connectivity index (χ4n) is 2.78. The molecular formula is C19H15ClN2S. The molecule has 0 spiro atoms. The van der Waals surface area contributed by atoms with Crippen molar-refractivity contribution in [3.63, 3.8) is 0 Å². The third-order valence-corrected chi connectivity index (χ3v) is 5.27. The van der Waals surface area contributed by atoms with Crippen LogP contribution in [0.4, 0.5) is 0 Å². The van der Waals surface area contributed by atoms with Crippen LogP contribution in [-0.2, 0) is 6.54 Å². The fourth-order valence-corrected chi connectivity index (χ4v) is 3.84. The molecule has 0 unspecified atom stereocenters. The first-order valence-electron chi connectivity index (χ1n) is 7.48. The fraction of sp³-hybridized carbons (Fsp3) is 0.105. The van der Waals surface area contributed by atoms with Crippen LogP contribution in [0.1, 0.15) is 10.4 Å². The quantitative estimate of drug-likeness (QED) is 0.463. The smallest absolute Gasteiger partial charge is 0.151 e. The van der Waals surface area contributed by atoms with Crippen molar-refractivity contribution in [2.75, 3.05) is 0 Å². The summed E-state index contributed by atoms with van der Waals surface area (Å²) in [6.07, 6.45) is 0. The van der Waals surface area contributed by atoms with Crippen LogP contribution in [-0.4, -0.2) is 9.55 Å². The Morgan fingerprint density at radius 2 is 1.78 bits per heavy atom. The van der Waals surface area contributed by atoms with Gasteiger partial charge in [0.25, 0.3) is 0 Å². The lowest BCUT2D eigenvalue weighted by Crippen LogP contribution is -2.02. The van der Waals surface area contributed by atoms with Crippen LogP contribution in [0.5, 0.6) is 0 Å². The highest BCUT2D eigenvalue weighted by molar-refractivity contribution is 7.15. The molecule has 0 aliphatic rings. The Labute approximate surface area is 144 Å². The summed E-state index contributed by atoms with van der Waals surface area (Å²) in [6.45, 7) is 2.84. The molecule has 0 saturated heterocycles. The van der Waals surface area contributed by atoms with Gasteiger partial charge < -0.3 is 4.57 Å². The minimum Gasteiger partial charge on any atom is -0.319 e. The van der Waals surface area contributed by atoms with E-state index in [0.717, 1.165) is 27.4 Å². The minimum atomic E-state index is 0.715. The number of imidazole rings is 1. The van der Waals surface area contributed by atoms with Crippen LogP contribution in [0, 0.1) is 6.92 Å². The van der Waals surface area contributed by atoms with E-state index in [9.17, 15) is 0 Å². The average molecular weight is 339 g/mol. The van der Waals surface area contributed by atoms with Crippen molar-refractivity contribution in [2.45, 2.75) is 13.5 Å². The molecule has 4 aromatic rings. The van der Waals surface area contributed by atoms with Crippen LogP contribution < -0.4 is 0 Å². The van der Waals surface area contributed by atoms with E-state index in [0.29, 0.717) is 6.54 Å². The van der Waals surface area contributed by atoms with E-state index < -0.39 is 0 Å². The number of hydrogen-bond acceptors (Lipinski definition) is 2. The molecule has 0 aliphatic carbocycles. The number of aryl methyl sites for hydroxylation is 1. The second-order valence-corrected chi connectivity index (χ2v) is 7.21. The summed E-state index contributed by atoms with van der Waals surface area (Å²) in [5.74, 6) is 1.00. The third kappa shape index (κ3) is 2.67. The molecule has 4 rings (SSSR count). The Balaban J connectivity index is 1.91. The first-order chi connectivity index (χ1) is 11.2. The number of nitrogens with zero attached hydrogens (tertiary/aromatic N) is 2. The van der Waals surface area contributed by atoms with Crippen LogP contribution >= 0.6 is 22.9 Å². The molecule has 0 bridgehead atoms. The van der Waals surface area contributed by atoms with E-state index in [2.05, 4.69) is 47.9 Å². The molecule has 0 fully saturated rings. The van der Waals surface area contributed by atoms with Crippen molar-refractivity contribution >= 4 is 34.0 Å². The molecule has 23 heavy (non-hydrogen) atoms. The lowest BCUT2D eigenvalue weighted by atomic mass is 10.2. The van der Waals surface area contributed by atoms with Gasteiger partial charge in [-0.05, 0) is 42.8 Å². The van der Waals surface area contributed by atoms with Gasteiger partial charge in [-0.15, -0.1) is 11.3 Å². The molecule has 2 nitrogen and oxygen atoms in total. The molecule has 2 aromatic carbocycles. The molecule has 0 radical (unpaired) electrons. The summed E-state index contributed by atoms with van der Waals surface area (Å²) in [4.78, 5) is 7.33. The van der Waals surface area contributed by atoms with Crippen LogP contribution in [0.2, 0.25) is 5.02 Å². The van der Waals surface area contributed by atoms with Crippen molar-refractivity contribution in [1.29, 1.82) is 0 Å². The van der Waals surface area contributed by atoms with Crippen molar-refractivity contribution in [3.05, 3.63) is 76.1 Å². The molecule has 0 amide bonds. The summed E-state index contributed by atoms with van der Waals surface area (Å²) >= 11 is 8.13. The Bertz CT molecular complexity index is 984. The maximum absolute atomic E-state index is 6.36. The Hall–Kier alpha value is -2.10. The number of para-hydroxylation sites is 2. The number of thiophene rings is 1. The zero-order valence-electron chi connectivity index (χ0n) is 12.7. The van der Waals surface area contributed by atoms with Crippen molar-refractivity contribution in [1.82, 2.24) is 9.55 Å². The predicted molar refractivity (Wildman–Crippen MR) is 98.3 cm³/mol. The maximum atomic E-state index is 6.36. The highest BCUT2D eigenvalue weighted by atomic mass is 35.5. The summed E-state index contributed by atoms with van der Waals surface area (Å²) < 4.78 is 2.25. The number of fused-ring (bicyclic) bond motifs is 1. The van der Waals surface area contributed by atoms with Gasteiger partial charge in [0.15, 0.2) is 5.82 Å². The molecule has 4 heteroatoms. The summed E-state index contributed by atoms with van der Waals surface area (Å²) in [5.41, 5.74) is 3.25. The molecule has 0 atom stereocenters. The first kappa shape index (κ1) is 14.5. The van der Waals surface area contributed by atoms with Crippen molar-refractivity contribution in [3.8, 4) is 10.7 Å². The molecular weight excluding hydrogens is 324 g/mol. The number of hydrogen-bond donors (Lipinski definition) is 0. The summed E-state index contributed by atoms with van der Waals surface area (Å²) in [7, 11) is 0. The molecule has 0 saturated carbocycles. The van der Waals surface area contributed by atoms with Gasteiger partial charge in [-0.3, -0.25) is 0 Å². The zero-order chi connectivity index (χ0) is 15.8. The van der Waals surface area contributed by atoms with E-state index >= 15 is 0 Å². The second-order valence-electron chi connectivity index (χ2n) is 5.51. The van der Waals surface area contributed by atoms with E-state index in [1.165, 1.54) is 9.75 Å². The Morgan fingerprint density at radius 3 is 2.57 bits per heavy atom. The van der Waals surface area contributed by atoms with Crippen LogP contribution in [0.15, 0.2) is 60.7 Å². The van der Waals surface area contributed by atoms with Gasteiger partial charge in [0.05, 0.1) is 22.5 Å². The predicted octanol–water partition coefficient (Wildman–Crippen LogP) is 5.77. The Kier molecular flexibility index (Phi) is 3.68. The molecule has 0 N–H and O–H groups in total. The minimum absolute atomic E-state index is 0.715. The van der Waals surface area contributed by atoms with Gasteiger partial charge >= 0.3 is 0 Å². The summed E-state index contributed by atoms with van der Waals surface area (Å²) in [6, 6.07) is 20.5. The van der Waals surface area contributed by atoms with Gasteiger partial charge in [0.2, 0.25) is 0 Å². The summed E-state index contributed by atoms with van der Waals surface area (Å²) in [5, 5.41) is 0.790. The second kappa shape index (κ2) is 5.84. The normalized spacial score (nSPS) is 11.2. The number of benzene rings is 2. The molecule has 2 heterocycles.